The molecule has 4 nitrogen and oxygen atoms in total. The van der Waals surface area contributed by atoms with Gasteiger partial charge in [-0.1, -0.05) is 44.2 Å². The molecule has 1 saturated heterocycles. The van der Waals surface area contributed by atoms with E-state index >= 15 is 0 Å². The number of fused-ring (bicyclic) bond motifs is 1. The number of rotatable bonds is 2. The summed E-state index contributed by atoms with van der Waals surface area (Å²) in [5.41, 5.74) is 1.29. The van der Waals surface area contributed by atoms with E-state index in [1.54, 1.807) is 6.20 Å². The maximum atomic E-state index is 11.9. The Kier molecular flexibility index (Phi) is 3.91. The highest BCUT2D eigenvalue weighted by Crippen LogP contribution is 2.52. The highest BCUT2D eigenvalue weighted by molar-refractivity contribution is 6.62. The van der Waals surface area contributed by atoms with Gasteiger partial charge in [0.15, 0.2) is 0 Å². The molecule has 1 N–H and O–H groups in total. The maximum absolute atomic E-state index is 11.9. The van der Waals surface area contributed by atoms with Crippen molar-refractivity contribution in [2.75, 3.05) is 0 Å². The van der Waals surface area contributed by atoms with E-state index in [9.17, 15) is 5.11 Å². The van der Waals surface area contributed by atoms with Gasteiger partial charge >= 0.3 is 7.12 Å². The van der Waals surface area contributed by atoms with E-state index in [-0.39, 0.29) is 5.41 Å². The second-order valence-electron chi connectivity index (χ2n) is 9.50. The normalized spacial score (nSPS) is 27.6. The van der Waals surface area contributed by atoms with Gasteiger partial charge in [0.25, 0.3) is 0 Å². The Bertz CT molecular complexity index is 877. The van der Waals surface area contributed by atoms with Gasteiger partial charge in [-0.25, -0.2) is 0 Å². The summed E-state index contributed by atoms with van der Waals surface area (Å²) >= 11 is 0. The zero-order valence-corrected chi connectivity index (χ0v) is 17.0. The lowest BCUT2D eigenvalue weighted by atomic mass is 9.70. The van der Waals surface area contributed by atoms with Crippen LogP contribution in [0.5, 0.6) is 0 Å². The molecule has 1 aliphatic carbocycles. The Hall–Kier alpha value is -1.69. The van der Waals surface area contributed by atoms with Gasteiger partial charge in [0, 0.05) is 11.6 Å². The summed E-state index contributed by atoms with van der Waals surface area (Å²) in [5.74, 6) is 0. The van der Waals surface area contributed by atoms with Crippen LogP contribution in [-0.2, 0) is 21.3 Å². The smallest absolute Gasteiger partial charge is 0.399 e. The Labute approximate surface area is 162 Å². The Morgan fingerprint density at radius 2 is 1.63 bits per heavy atom. The average molecular weight is 365 g/mol. The van der Waals surface area contributed by atoms with Crippen LogP contribution in [0.4, 0.5) is 0 Å². The quantitative estimate of drug-likeness (QED) is 0.831. The molecule has 142 valence electrons. The van der Waals surface area contributed by atoms with Crippen LogP contribution in [0.3, 0.4) is 0 Å². The molecule has 2 aliphatic rings. The Morgan fingerprint density at radius 1 is 0.963 bits per heavy atom. The molecular weight excluding hydrogens is 337 g/mol. The third kappa shape index (κ3) is 2.59. The van der Waals surface area contributed by atoms with Gasteiger partial charge in [0.1, 0.15) is 5.60 Å². The number of nitrogens with zero attached hydrogens (tertiary/aromatic N) is 1. The van der Waals surface area contributed by atoms with Gasteiger partial charge in [-0.15, -0.1) is 0 Å². The molecule has 2 aromatic rings. The monoisotopic (exact) mass is 365 g/mol. The van der Waals surface area contributed by atoms with Crippen LogP contribution >= 0.6 is 0 Å². The average Bonchev–Trinajstić information content (AvgIpc) is 2.94. The van der Waals surface area contributed by atoms with Crippen LogP contribution in [-0.4, -0.2) is 28.4 Å². The van der Waals surface area contributed by atoms with Crippen molar-refractivity contribution in [1.82, 2.24) is 4.98 Å². The number of aliphatic hydroxyl groups is 1. The summed E-state index contributed by atoms with van der Waals surface area (Å²) in [7, 11) is -0.453. The van der Waals surface area contributed by atoms with Crippen molar-refractivity contribution in [3.05, 3.63) is 59.4 Å². The molecule has 1 atom stereocenters. The molecule has 0 radical (unpaired) electrons. The Morgan fingerprint density at radius 3 is 2.30 bits per heavy atom. The van der Waals surface area contributed by atoms with E-state index < -0.39 is 23.9 Å². The fourth-order valence-corrected chi connectivity index (χ4v) is 4.25. The first-order chi connectivity index (χ1) is 12.5. The molecule has 0 amide bonds. The van der Waals surface area contributed by atoms with Gasteiger partial charge < -0.3 is 14.4 Å². The van der Waals surface area contributed by atoms with Crippen molar-refractivity contribution in [2.45, 2.75) is 64.8 Å². The fraction of sp³-hybridized carbons (Fsp3) is 0.500. The first-order valence-electron chi connectivity index (χ1n) is 9.61. The van der Waals surface area contributed by atoms with Crippen molar-refractivity contribution in [3.63, 3.8) is 0 Å². The standard InChI is InChI=1S/C22H28BNO3/c1-19(2)14-15-9-8-12-24-18(15)22(19,25)16-10-7-11-17(13-16)23-26-20(3,4)21(5,6)27-23/h7-13,25H,14H2,1-6H3/t22-/m1/s1. The molecule has 0 unspecified atom stereocenters. The van der Waals surface area contributed by atoms with E-state index in [2.05, 4.69) is 24.9 Å². The molecule has 1 aromatic carbocycles. The van der Waals surface area contributed by atoms with Gasteiger partial charge in [0.05, 0.1) is 16.9 Å². The molecule has 0 saturated carbocycles. The second-order valence-corrected chi connectivity index (χ2v) is 9.50. The second kappa shape index (κ2) is 5.66. The lowest BCUT2D eigenvalue weighted by Gasteiger charge is -2.37. The molecule has 1 fully saturated rings. The highest BCUT2D eigenvalue weighted by Gasteiger charge is 2.55. The van der Waals surface area contributed by atoms with Crippen molar-refractivity contribution >= 4 is 12.6 Å². The summed E-state index contributed by atoms with van der Waals surface area (Å²) in [6.45, 7) is 12.4. The van der Waals surface area contributed by atoms with Gasteiger partial charge in [-0.2, -0.15) is 0 Å². The SMILES string of the molecule is CC1(C)OB(c2cccc([C@@]3(O)c4ncccc4CC3(C)C)c2)OC1(C)C. The minimum Gasteiger partial charge on any atom is -0.399 e. The predicted molar refractivity (Wildman–Crippen MR) is 107 cm³/mol. The van der Waals surface area contributed by atoms with Crippen molar-refractivity contribution < 1.29 is 14.4 Å². The van der Waals surface area contributed by atoms with Crippen LogP contribution in [0.15, 0.2) is 42.6 Å². The topological polar surface area (TPSA) is 51.6 Å². The molecule has 1 aliphatic heterocycles. The summed E-state index contributed by atoms with van der Waals surface area (Å²) in [6.07, 6.45) is 2.54. The van der Waals surface area contributed by atoms with Gasteiger partial charge in [-0.3, -0.25) is 4.98 Å². The number of hydrogen-bond acceptors (Lipinski definition) is 4. The van der Waals surface area contributed by atoms with Crippen LogP contribution in [0.1, 0.15) is 58.4 Å². The number of pyridine rings is 1. The lowest BCUT2D eigenvalue weighted by Crippen LogP contribution is -2.42. The van der Waals surface area contributed by atoms with E-state index in [1.165, 1.54) is 0 Å². The maximum Gasteiger partial charge on any atom is 0.494 e. The summed E-state index contributed by atoms with van der Waals surface area (Å²) in [4.78, 5) is 4.55. The zero-order valence-electron chi connectivity index (χ0n) is 17.0. The minimum atomic E-state index is -1.15. The summed E-state index contributed by atoms with van der Waals surface area (Å²) in [5, 5.41) is 11.9. The molecular formula is C22H28BNO3. The van der Waals surface area contributed by atoms with Crippen LogP contribution in [0.25, 0.3) is 0 Å². The van der Waals surface area contributed by atoms with Crippen molar-refractivity contribution in [3.8, 4) is 0 Å². The molecule has 0 bridgehead atoms. The first-order valence-corrected chi connectivity index (χ1v) is 9.61. The van der Waals surface area contributed by atoms with E-state index in [0.717, 1.165) is 28.7 Å². The molecule has 5 heteroatoms. The summed E-state index contributed by atoms with van der Waals surface area (Å²) < 4.78 is 12.4. The first kappa shape index (κ1) is 18.7. The van der Waals surface area contributed by atoms with E-state index in [4.69, 9.17) is 9.31 Å². The fourth-order valence-electron chi connectivity index (χ4n) is 4.25. The molecule has 1 aromatic heterocycles. The highest BCUT2D eigenvalue weighted by atomic mass is 16.7. The Balaban J connectivity index is 1.78. The number of benzene rings is 1. The van der Waals surface area contributed by atoms with Crippen LogP contribution in [0, 0.1) is 5.41 Å². The third-order valence-electron chi connectivity index (χ3n) is 6.68. The van der Waals surface area contributed by atoms with Crippen molar-refractivity contribution in [1.29, 1.82) is 0 Å². The van der Waals surface area contributed by atoms with E-state index in [0.29, 0.717) is 0 Å². The molecule has 27 heavy (non-hydrogen) atoms. The van der Waals surface area contributed by atoms with Crippen molar-refractivity contribution in [2.24, 2.45) is 5.41 Å². The molecule has 0 spiro atoms. The summed E-state index contributed by atoms with van der Waals surface area (Å²) in [6, 6.07) is 11.9. The molecule has 2 heterocycles. The number of aromatic nitrogens is 1. The lowest BCUT2D eigenvalue weighted by molar-refractivity contribution is -0.0240. The predicted octanol–water partition coefficient (Wildman–Crippen LogP) is 3.20. The number of hydrogen-bond donors (Lipinski definition) is 1. The van der Waals surface area contributed by atoms with Crippen LogP contribution < -0.4 is 5.46 Å². The van der Waals surface area contributed by atoms with Gasteiger partial charge in [0.2, 0.25) is 0 Å². The van der Waals surface area contributed by atoms with E-state index in [1.807, 2.05) is 58.0 Å². The third-order valence-corrected chi connectivity index (χ3v) is 6.68. The minimum absolute atomic E-state index is 0.363. The van der Waals surface area contributed by atoms with Gasteiger partial charge in [-0.05, 0) is 56.8 Å². The zero-order chi connectivity index (χ0) is 19.7. The molecule has 4 rings (SSSR count). The largest absolute Gasteiger partial charge is 0.494 e. The van der Waals surface area contributed by atoms with Crippen LogP contribution in [0.2, 0.25) is 0 Å².